The predicted molar refractivity (Wildman–Crippen MR) is 74.5 cm³/mol. The average molecular weight is 284 g/mol. The Kier molecular flexibility index (Phi) is 6.55. The van der Waals surface area contributed by atoms with Crippen LogP contribution in [0.4, 0.5) is 0 Å². The highest BCUT2D eigenvalue weighted by Crippen LogP contribution is 2.17. The maximum absolute atomic E-state index is 11.9. The van der Waals surface area contributed by atoms with Crippen molar-refractivity contribution in [1.82, 2.24) is 9.80 Å². The Bertz CT molecular complexity index is 410. The summed E-state index contributed by atoms with van der Waals surface area (Å²) in [4.78, 5) is 48.8. The normalized spacial score (nSPS) is 10.9. The van der Waals surface area contributed by atoms with E-state index in [0.29, 0.717) is 0 Å². The van der Waals surface area contributed by atoms with E-state index in [1.165, 1.54) is 14.0 Å². The molecule has 6 nitrogen and oxygen atoms in total. The fourth-order valence-electron chi connectivity index (χ4n) is 1.71. The molecule has 0 bridgehead atoms. The zero-order valence-electron chi connectivity index (χ0n) is 13.1. The van der Waals surface area contributed by atoms with E-state index in [1.54, 1.807) is 27.7 Å². The van der Waals surface area contributed by atoms with Gasteiger partial charge in [0.1, 0.15) is 0 Å². The quantitative estimate of drug-likeness (QED) is 0.777. The molecule has 0 heterocycles. The standard InChI is InChI=1S/C14H24N2O4/c1-7-16(10(2)17)12(19)9-8-11(18)15(6)13(20)14(3,4)5/h7-9H2,1-6H3. The number of rotatable bonds is 4. The molecule has 0 atom stereocenters. The van der Waals surface area contributed by atoms with E-state index < -0.39 is 17.2 Å². The van der Waals surface area contributed by atoms with E-state index in [4.69, 9.17) is 0 Å². The molecule has 0 aromatic carbocycles. The van der Waals surface area contributed by atoms with Crippen LogP contribution in [0.15, 0.2) is 0 Å². The third kappa shape index (κ3) is 5.11. The second kappa shape index (κ2) is 7.17. The van der Waals surface area contributed by atoms with E-state index in [1.807, 2.05) is 0 Å². The molecule has 0 aliphatic carbocycles. The van der Waals surface area contributed by atoms with Gasteiger partial charge in [0.15, 0.2) is 0 Å². The van der Waals surface area contributed by atoms with Gasteiger partial charge in [-0.15, -0.1) is 0 Å². The molecule has 0 aromatic heterocycles. The summed E-state index contributed by atoms with van der Waals surface area (Å²) in [5, 5.41) is 0. The molecular formula is C14H24N2O4. The fourth-order valence-corrected chi connectivity index (χ4v) is 1.71. The molecule has 0 fully saturated rings. The van der Waals surface area contributed by atoms with Crippen LogP contribution in [0.5, 0.6) is 0 Å². The first kappa shape index (κ1) is 18.3. The van der Waals surface area contributed by atoms with Crippen LogP contribution < -0.4 is 0 Å². The molecule has 0 aliphatic heterocycles. The topological polar surface area (TPSA) is 74.8 Å². The smallest absolute Gasteiger partial charge is 0.234 e. The van der Waals surface area contributed by atoms with Gasteiger partial charge in [-0.3, -0.25) is 29.0 Å². The van der Waals surface area contributed by atoms with Gasteiger partial charge in [0.25, 0.3) is 0 Å². The number of carbonyl (C=O) groups is 4. The van der Waals surface area contributed by atoms with Crippen molar-refractivity contribution in [3.05, 3.63) is 0 Å². The van der Waals surface area contributed by atoms with Crippen LogP contribution in [-0.2, 0) is 19.2 Å². The summed E-state index contributed by atoms with van der Waals surface area (Å²) in [6.07, 6.45) is -0.158. The van der Waals surface area contributed by atoms with Gasteiger partial charge in [0.05, 0.1) is 0 Å². The van der Waals surface area contributed by atoms with E-state index in [2.05, 4.69) is 0 Å². The monoisotopic (exact) mass is 284 g/mol. The number of nitrogens with zero attached hydrogens (tertiary/aromatic N) is 2. The molecule has 0 rings (SSSR count). The second-order valence-corrected chi connectivity index (χ2v) is 5.66. The second-order valence-electron chi connectivity index (χ2n) is 5.66. The molecule has 0 unspecified atom stereocenters. The number of hydrogen-bond donors (Lipinski definition) is 0. The Balaban J connectivity index is 4.54. The largest absolute Gasteiger partial charge is 0.285 e. The van der Waals surface area contributed by atoms with Crippen LogP contribution in [0.3, 0.4) is 0 Å². The van der Waals surface area contributed by atoms with E-state index in [-0.39, 0.29) is 31.2 Å². The van der Waals surface area contributed by atoms with Crippen molar-refractivity contribution in [3.8, 4) is 0 Å². The maximum Gasteiger partial charge on any atom is 0.234 e. The first-order chi connectivity index (χ1) is 9.02. The van der Waals surface area contributed by atoms with Crippen molar-refractivity contribution in [2.24, 2.45) is 5.41 Å². The zero-order valence-corrected chi connectivity index (χ0v) is 13.1. The molecule has 6 heteroatoms. The Hall–Kier alpha value is -1.72. The molecular weight excluding hydrogens is 260 g/mol. The van der Waals surface area contributed by atoms with E-state index in [0.717, 1.165) is 9.80 Å². The van der Waals surface area contributed by atoms with Gasteiger partial charge in [-0.2, -0.15) is 0 Å². The van der Waals surface area contributed by atoms with Crippen LogP contribution >= 0.6 is 0 Å². The molecule has 0 aliphatic rings. The summed E-state index contributed by atoms with van der Waals surface area (Å²) in [6, 6.07) is 0. The third-order valence-electron chi connectivity index (χ3n) is 2.87. The minimum absolute atomic E-state index is 0.0754. The van der Waals surface area contributed by atoms with Crippen molar-refractivity contribution < 1.29 is 19.2 Å². The predicted octanol–water partition coefficient (Wildman–Crippen LogP) is 1.19. The van der Waals surface area contributed by atoms with Gasteiger partial charge in [0, 0.05) is 38.8 Å². The number of imide groups is 2. The van der Waals surface area contributed by atoms with Crippen molar-refractivity contribution in [2.75, 3.05) is 13.6 Å². The fraction of sp³-hybridized carbons (Fsp3) is 0.714. The lowest BCUT2D eigenvalue weighted by Gasteiger charge is -2.24. The molecule has 0 radical (unpaired) electrons. The first-order valence-corrected chi connectivity index (χ1v) is 6.64. The van der Waals surface area contributed by atoms with Crippen LogP contribution in [0.1, 0.15) is 47.5 Å². The summed E-state index contributed by atoms with van der Waals surface area (Å²) >= 11 is 0. The minimum Gasteiger partial charge on any atom is -0.285 e. The Morgan fingerprint density at radius 1 is 0.950 bits per heavy atom. The highest BCUT2D eigenvalue weighted by Gasteiger charge is 2.29. The van der Waals surface area contributed by atoms with Gasteiger partial charge in [-0.05, 0) is 6.92 Å². The molecule has 0 saturated heterocycles. The zero-order chi connectivity index (χ0) is 16.1. The average Bonchev–Trinajstić information content (AvgIpc) is 2.33. The van der Waals surface area contributed by atoms with E-state index >= 15 is 0 Å². The molecule has 0 aromatic rings. The Morgan fingerprint density at radius 3 is 1.75 bits per heavy atom. The molecule has 114 valence electrons. The molecule has 20 heavy (non-hydrogen) atoms. The third-order valence-corrected chi connectivity index (χ3v) is 2.87. The molecule has 0 saturated carbocycles. The number of amides is 4. The number of hydrogen-bond acceptors (Lipinski definition) is 4. The molecule has 0 N–H and O–H groups in total. The van der Waals surface area contributed by atoms with Gasteiger partial charge in [0.2, 0.25) is 23.6 Å². The van der Waals surface area contributed by atoms with Crippen LogP contribution in [0.25, 0.3) is 0 Å². The molecule has 4 amide bonds. The lowest BCUT2D eigenvalue weighted by atomic mass is 9.95. The van der Waals surface area contributed by atoms with Crippen LogP contribution in [0, 0.1) is 5.41 Å². The summed E-state index contributed by atoms with van der Waals surface area (Å²) in [7, 11) is 1.41. The summed E-state index contributed by atoms with van der Waals surface area (Å²) in [6.45, 7) is 8.43. The lowest BCUT2D eigenvalue weighted by molar-refractivity contribution is -0.151. The van der Waals surface area contributed by atoms with Crippen molar-refractivity contribution in [1.29, 1.82) is 0 Å². The highest BCUT2D eigenvalue weighted by atomic mass is 16.2. The highest BCUT2D eigenvalue weighted by molar-refractivity contribution is 5.99. The lowest BCUT2D eigenvalue weighted by Crippen LogP contribution is -2.41. The molecule has 0 spiro atoms. The first-order valence-electron chi connectivity index (χ1n) is 6.64. The van der Waals surface area contributed by atoms with Crippen LogP contribution in [-0.4, -0.2) is 47.0 Å². The van der Waals surface area contributed by atoms with Gasteiger partial charge in [-0.1, -0.05) is 20.8 Å². The number of carbonyl (C=O) groups excluding carboxylic acids is 4. The van der Waals surface area contributed by atoms with Gasteiger partial charge in [-0.25, -0.2) is 0 Å². The van der Waals surface area contributed by atoms with Gasteiger partial charge >= 0.3 is 0 Å². The minimum atomic E-state index is -0.650. The maximum atomic E-state index is 11.9. The van der Waals surface area contributed by atoms with Crippen molar-refractivity contribution >= 4 is 23.6 Å². The summed E-state index contributed by atoms with van der Waals surface area (Å²) < 4.78 is 0. The van der Waals surface area contributed by atoms with Crippen molar-refractivity contribution in [3.63, 3.8) is 0 Å². The SMILES string of the molecule is CCN(C(C)=O)C(=O)CCC(=O)N(C)C(=O)C(C)(C)C. The summed E-state index contributed by atoms with van der Waals surface area (Å²) in [5.41, 5.74) is -0.650. The van der Waals surface area contributed by atoms with Crippen LogP contribution in [0.2, 0.25) is 0 Å². The van der Waals surface area contributed by atoms with Gasteiger partial charge < -0.3 is 0 Å². The summed E-state index contributed by atoms with van der Waals surface area (Å²) in [5.74, 6) is -1.46. The Labute approximate surface area is 120 Å². The van der Waals surface area contributed by atoms with E-state index in [9.17, 15) is 19.2 Å². The Morgan fingerprint density at radius 2 is 1.40 bits per heavy atom. The van der Waals surface area contributed by atoms with Crippen molar-refractivity contribution in [2.45, 2.75) is 47.5 Å².